The van der Waals surface area contributed by atoms with Crippen molar-refractivity contribution in [3.63, 3.8) is 0 Å². The van der Waals surface area contributed by atoms with Crippen molar-refractivity contribution >= 4 is 101 Å². The summed E-state index contributed by atoms with van der Waals surface area (Å²) in [4.78, 5) is 3.47. The lowest BCUT2D eigenvalue weighted by atomic mass is 9.33. The Kier molecular flexibility index (Phi) is 11.7. The summed E-state index contributed by atoms with van der Waals surface area (Å²) in [5.41, 5.74) is 0.727. The molecule has 4 nitrogen and oxygen atoms in total. The lowest BCUT2D eigenvalue weighted by Crippen LogP contribution is -2.61. The van der Waals surface area contributed by atoms with Gasteiger partial charge in [-0.3, -0.25) is 0 Å². The fourth-order valence-corrected chi connectivity index (χ4v) is 15.8. The van der Waals surface area contributed by atoms with Gasteiger partial charge in [0.15, 0.2) is 0 Å². The summed E-state index contributed by atoms with van der Waals surface area (Å²) in [6.07, 6.45) is 0. The van der Waals surface area contributed by atoms with E-state index in [0.717, 1.165) is 42.5 Å². The number of hydrogen-bond donors (Lipinski definition) is 0. The molecule has 0 radical (unpaired) electrons. The van der Waals surface area contributed by atoms with E-state index in [1.807, 2.05) is 93.6 Å². The summed E-state index contributed by atoms with van der Waals surface area (Å²) in [6, 6.07) is 22.7. The van der Waals surface area contributed by atoms with Gasteiger partial charge in [-0.1, -0.05) is 327 Å². The van der Waals surface area contributed by atoms with Crippen LogP contribution >= 0.6 is 0 Å². The third-order valence-electron chi connectivity index (χ3n) is 22.2. The monoisotopic (exact) mass is 1470 g/mol. The van der Waals surface area contributed by atoms with E-state index in [0.29, 0.717) is 44.5 Å². The summed E-state index contributed by atoms with van der Waals surface area (Å²) in [7, 11) is 0. The molecule has 0 spiro atoms. The molecule has 0 fully saturated rings. The molecule has 0 amide bonds. The van der Waals surface area contributed by atoms with Gasteiger partial charge < -0.3 is 18.9 Å². The molecular weight excluding hydrogens is 1340 g/mol. The van der Waals surface area contributed by atoms with E-state index in [1.54, 1.807) is 9.80 Å². The van der Waals surface area contributed by atoms with E-state index in [9.17, 15) is 32.9 Å². The second-order valence-electron chi connectivity index (χ2n) is 37.3. The highest BCUT2D eigenvalue weighted by atomic mass is 15.2. The van der Waals surface area contributed by atoms with Crippen molar-refractivity contribution < 1.29 is 32.9 Å². The van der Waals surface area contributed by atoms with E-state index >= 15 is 0 Å². The molecule has 111 heavy (non-hydrogen) atoms. The normalized spacial score (nSPS) is 16.6. The first kappa shape index (κ1) is 50.1. The maximum Gasteiger partial charge on any atom is 0.252 e. The molecule has 2 aliphatic rings. The highest BCUT2D eigenvalue weighted by Crippen LogP contribution is 2.57. The largest absolute Gasteiger partial charge is 0.310 e. The highest BCUT2D eigenvalue weighted by Gasteiger charge is 2.47. The van der Waals surface area contributed by atoms with E-state index < -0.39 is 233 Å². The molecule has 5 heteroatoms. The third-order valence-corrected chi connectivity index (χ3v) is 22.2. The maximum absolute atomic E-state index is 12.1. The Morgan fingerprint density at radius 1 is 0.261 bits per heavy atom. The van der Waals surface area contributed by atoms with Crippen LogP contribution in [0.15, 0.2) is 266 Å². The Morgan fingerprint density at radius 3 is 0.784 bits per heavy atom. The van der Waals surface area contributed by atoms with Gasteiger partial charge in [-0.05, 0) is 200 Å². The lowest BCUT2D eigenvalue weighted by molar-refractivity contribution is 0.589. The van der Waals surface area contributed by atoms with Crippen LogP contribution in [0.4, 0.5) is 34.1 Å². The van der Waals surface area contributed by atoms with Crippen molar-refractivity contribution in [3.05, 3.63) is 305 Å². The zero-order chi connectivity index (χ0) is 99.0. The number of rotatable bonds is 8. The first-order valence-corrected chi connectivity index (χ1v) is 38.4. The Labute approximate surface area is 694 Å². The molecule has 0 N–H and O–H groups in total. The fourth-order valence-electron chi connectivity index (χ4n) is 15.8. The Balaban J connectivity index is 1.23. The number of anilines is 6. The molecular formula is C106H107BN4. The minimum atomic E-state index is -1.93. The Hall–Kier alpha value is -10.9. The van der Waals surface area contributed by atoms with Gasteiger partial charge in [0.2, 0.25) is 0 Å². The van der Waals surface area contributed by atoms with E-state index in [1.165, 1.54) is 0 Å². The fraction of sp³-hybridized carbons (Fsp3) is 0.264. The molecule has 4 heterocycles. The number of para-hydroxylation sites is 4. The molecule has 15 aromatic rings. The van der Waals surface area contributed by atoms with Crippen LogP contribution in [0.25, 0.3) is 99.5 Å². The molecule has 0 atom stereocenters. The number of fused-ring (bicyclic) bond motifs is 10. The number of hydrogen-bond acceptors (Lipinski definition) is 2. The zero-order valence-corrected chi connectivity index (χ0v) is 67.4. The summed E-state index contributed by atoms with van der Waals surface area (Å²) in [5.74, 6) is 0. The van der Waals surface area contributed by atoms with E-state index in [4.69, 9.17) is 0 Å². The number of nitrogens with zero attached hydrogens (tertiary/aromatic N) is 4. The Morgan fingerprint density at radius 2 is 0.523 bits per heavy atom. The van der Waals surface area contributed by atoms with Gasteiger partial charge >= 0.3 is 0 Å². The van der Waals surface area contributed by atoms with Crippen molar-refractivity contribution in [2.75, 3.05) is 9.80 Å². The average molecular weight is 1470 g/mol. The summed E-state index contributed by atoms with van der Waals surface area (Å²) in [5, 5.41) is -1.59. The Bertz CT molecular complexity index is 7030. The third kappa shape index (κ3) is 12.5. The topological polar surface area (TPSA) is 16.3 Å². The first-order valence-electron chi connectivity index (χ1n) is 50.4. The first-order chi connectivity index (χ1) is 62.5. The van der Waals surface area contributed by atoms with Crippen LogP contribution in [0.5, 0.6) is 0 Å². The summed E-state index contributed by atoms with van der Waals surface area (Å²) in [6.45, 7) is 41.3. The smallest absolute Gasteiger partial charge is 0.252 e. The lowest BCUT2D eigenvalue weighted by Gasteiger charge is -2.47. The van der Waals surface area contributed by atoms with E-state index in [-0.39, 0.29) is 68.2 Å². The molecule has 0 saturated heterocycles. The molecule has 0 unspecified atom stereocenters. The summed E-state index contributed by atoms with van der Waals surface area (Å²) < 4.78 is 250. The molecule has 13 aromatic carbocycles. The second-order valence-corrected chi connectivity index (χ2v) is 37.3. The molecule has 2 aromatic heterocycles. The van der Waals surface area contributed by atoms with Gasteiger partial charge in [0.1, 0.15) is 0 Å². The van der Waals surface area contributed by atoms with Crippen molar-refractivity contribution in [2.24, 2.45) is 0 Å². The molecule has 554 valence electrons. The van der Waals surface area contributed by atoms with Crippen molar-refractivity contribution in [2.45, 2.75) is 183 Å². The van der Waals surface area contributed by atoms with Crippen LogP contribution in [0.3, 0.4) is 0 Å². The van der Waals surface area contributed by atoms with Crippen molar-refractivity contribution in [3.8, 4) is 55.9 Å². The van der Waals surface area contributed by atoms with Crippen molar-refractivity contribution in [1.29, 1.82) is 0 Å². The summed E-state index contributed by atoms with van der Waals surface area (Å²) >= 11 is 0. The number of benzene rings is 13. The van der Waals surface area contributed by atoms with Gasteiger partial charge in [-0.15, -0.1) is 0 Å². The molecule has 0 aliphatic carbocycles. The molecule has 2 aliphatic heterocycles. The van der Waals surface area contributed by atoms with Crippen LogP contribution in [0.2, 0.25) is 0 Å². The second kappa shape index (κ2) is 25.9. The highest BCUT2D eigenvalue weighted by molar-refractivity contribution is 7.00. The molecule has 0 bridgehead atoms. The van der Waals surface area contributed by atoms with Crippen LogP contribution < -0.4 is 26.2 Å². The van der Waals surface area contributed by atoms with Gasteiger partial charge in [-0.25, -0.2) is 0 Å². The van der Waals surface area contributed by atoms with Gasteiger partial charge in [0.25, 0.3) is 6.71 Å². The van der Waals surface area contributed by atoms with E-state index in [2.05, 4.69) is 173 Å². The van der Waals surface area contributed by atoms with Crippen molar-refractivity contribution in [1.82, 2.24) is 9.13 Å². The van der Waals surface area contributed by atoms with Crippen LogP contribution in [0, 0.1) is 0 Å². The van der Waals surface area contributed by atoms with Crippen LogP contribution in [-0.4, -0.2) is 15.8 Å². The van der Waals surface area contributed by atoms with Crippen LogP contribution in [-0.2, 0) is 37.9 Å². The van der Waals surface area contributed by atoms with Crippen LogP contribution in [0.1, 0.15) is 217 Å². The van der Waals surface area contributed by atoms with Gasteiger partial charge in [0, 0.05) is 77.9 Å². The predicted molar refractivity (Wildman–Crippen MR) is 482 cm³/mol. The standard InChI is InChI=1S/C106H107BN4/c1-100(2,3)70-38-30-34-66(54-70)83-58-74(104(13,14)15)59-84(67-35-31-39-71(55-67)101(4,5)6)98(83)110-93-64-77(108-89-46-26-22-42-79(89)80-43-23-27-47-90(80)108)50-52-87(93)107-88-53-51-78(109-91-48-28-24-44-81(91)82-45-25-29-49-92(82)109)65-94(88)111(96-63-76(106(19,20)21)62-95(110)97(96)107)99-85(68-36-32-40-72(56-68)102(7,8)9)60-75(105(16,17)18)61-86(99)69-37-33-41-73(57-69)103(10,11)12/h22-65H,1-21H3/i22D,23D,24D,25D,26D,27D,28D,29D,42D,43D,44D,45D,46D,47D,48D,49D,50D,51D,52D,53D,62D,63D,64D,65D. The number of aromatic nitrogens is 2. The maximum atomic E-state index is 12.1. The minimum Gasteiger partial charge on any atom is -0.310 e. The zero-order valence-electron chi connectivity index (χ0n) is 91.4. The quantitative estimate of drug-likeness (QED) is 0.141. The SMILES string of the molecule is [2H]c1c([2H])c(-n2c3c([2H])c([2H])c([2H])c([2H])c3c3c([2H])c([2H])c([2H])c([2H])c32)c([2H])c2c1B1c3c([2H])c([2H])c(-n4c5c([2H])c([2H])c([2H])c([2H])c5c5c([2H])c([2H])c([2H])c([2H])c54)c([2H])c3N(c3c(-c4cccc(C(C)(C)C)c4)cc(C(C)(C)C)cc3-c3cccc(C(C)(C)C)c3)c3c([2H])c(C(C)(C)C)c([2H])c(c31)N2c1c(-c2cccc(C(C)(C)C)c2)cc(C(C)(C)C)cc1-c1cccc(C(C)(C)C)c1. The molecule has 0 saturated carbocycles. The average Bonchev–Trinajstić information content (AvgIpc) is 1.35. The minimum absolute atomic E-state index is 0.00865. The molecule has 17 rings (SSSR count). The van der Waals surface area contributed by atoms with Gasteiger partial charge in [-0.2, -0.15) is 0 Å². The predicted octanol–water partition coefficient (Wildman–Crippen LogP) is 27.7. The van der Waals surface area contributed by atoms with Gasteiger partial charge in [0.05, 0.1) is 66.3 Å².